The molecule has 7 nitrogen and oxygen atoms in total. The number of ether oxygens (including phenoxy) is 3. The molecule has 0 spiro atoms. The van der Waals surface area contributed by atoms with E-state index < -0.39 is 11.4 Å². The Morgan fingerprint density at radius 2 is 1.55 bits per heavy atom. The Morgan fingerprint density at radius 1 is 0.839 bits per heavy atom. The second-order valence-electron chi connectivity index (χ2n) is 6.63. The van der Waals surface area contributed by atoms with Gasteiger partial charge in [0, 0.05) is 30.9 Å². The Kier molecular flexibility index (Phi) is 7.88. The Bertz CT molecular complexity index is 994. The fourth-order valence-electron chi connectivity index (χ4n) is 3.05. The molecule has 3 rings (SSSR count). The van der Waals surface area contributed by atoms with Crippen LogP contribution in [-0.4, -0.2) is 39.0 Å². The Balaban J connectivity index is 1.90. The molecule has 3 aromatic rings. The van der Waals surface area contributed by atoms with Gasteiger partial charge in [0.2, 0.25) is 4.90 Å². The quantitative estimate of drug-likeness (QED) is 0.410. The summed E-state index contributed by atoms with van der Waals surface area (Å²) >= 11 is -1.55. The van der Waals surface area contributed by atoms with Crippen molar-refractivity contribution in [3.63, 3.8) is 0 Å². The highest BCUT2D eigenvalue weighted by Gasteiger charge is 2.20. The van der Waals surface area contributed by atoms with Crippen molar-refractivity contribution in [1.29, 1.82) is 0 Å². The zero-order chi connectivity index (χ0) is 22.2. The van der Waals surface area contributed by atoms with E-state index in [-0.39, 0.29) is 0 Å². The van der Waals surface area contributed by atoms with Crippen LogP contribution >= 0.6 is 0 Å². The van der Waals surface area contributed by atoms with Crippen molar-refractivity contribution in [1.82, 2.24) is 0 Å². The first-order valence-corrected chi connectivity index (χ1v) is 10.9. The third-order valence-corrected chi connectivity index (χ3v) is 5.73. The predicted molar refractivity (Wildman–Crippen MR) is 126 cm³/mol. The highest BCUT2D eigenvalue weighted by molar-refractivity contribution is 7.92. The van der Waals surface area contributed by atoms with E-state index in [0.29, 0.717) is 35.2 Å². The molecular weight excluding hydrogens is 414 g/mol. The number of rotatable bonds is 10. The second-order valence-corrected chi connectivity index (χ2v) is 7.82. The van der Waals surface area contributed by atoms with Crippen molar-refractivity contribution in [2.45, 2.75) is 4.90 Å². The van der Waals surface area contributed by atoms with E-state index in [1.54, 1.807) is 33.5 Å². The van der Waals surface area contributed by atoms with Crippen LogP contribution in [0.2, 0.25) is 0 Å². The molecule has 0 radical (unpaired) electrons. The lowest BCUT2D eigenvalue weighted by Gasteiger charge is -2.16. The van der Waals surface area contributed by atoms with Crippen LogP contribution in [0.1, 0.15) is 0 Å². The highest BCUT2D eigenvalue weighted by atomic mass is 32.2. The minimum Gasteiger partial charge on any atom is -0.588 e. The molecule has 0 saturated heterocycles. The van der Waals surface area contributed by atoms with E-state index in [9.17, 15) is 4.55 Å². The number of hydrogen-bond acceptors (Lipinski definition) is 7. The number of methoxy groups -OCH3 is 3. The molecule has 4 N–H and O–H groups in total. The molecular formula is C23H27N3O4S. The summed E-state index contributed by atoms with van der Waals surface area (Å²) in [5.74, 6) is 1.88. The largest absolute Gasteiger partial charge is 0.588 e. The molecule has 0 bridgehead atoms. The van der Waals surface area contributed by atoms with Crippen LogP contribution < -0.4 is 30.0 Å². The Morgan fingerprint density at radius 3 is 2.19 bits per heavy atom. The highest BCUT2D eigenvalue weighted by Crippen LogP contribution is 2.34. The maximum atomic E-state index is 13.2. The molecule has 1 unspecified atom stereocenters. The van der Waals surface area contributed by atoms with Gasteiger partial charge in [0.25, 0.3) is 0 Å². The van der Waals surface area contributed by atoms with E-state index in [2.05, 4.69) is 10.0 Å². The summed E-state index contributed by atoms with van der Waals surface area (Å²) in [6, 6.07) is 18.7. The molecule has 0 heterocycles. The van der Waals surface area contributed by atoms with Crippen molar-refractivity contribution in [2.75, 3.05) is 44.5 Å². The average Bonchev–Trinajstić information content (AvgIpc) is 2.82. The van der Waals surface area contributed by atoms with Gasteiger partial charge in [-0.15, -0.1) is 0 Å². The van der Waals surface area contributed by atoms with E-state index in [0.717, 1.165) is 22.5 Å². The SMILES string of the molecule is COc1cc(OC)cc(-c2ccc(OC)c([S+]([O-])Nc3cccc(NCCN)c3)c2)c1. The fraction of sp³-hybridized carbons (Fsp3) is 0.217. The third kappa shape index (κ3) is 5.75. The fourth-order valence-corrected chi connectivity index (χ4v) is 4.07. The normalized spacial score (nSPS) is 11.5. The van der Waals surface area contributed by atoms with Crippen LogP contribution in [0, 0.1) is 0 Å². The smallest absolute Gasteiger partial charge is 0.222 e. The first-order chi connectivity index (χ1) is 15.1. The number of nitrogens with one attached hydrogen (secondary N) is 2. The van der Waals surface area contributed by atoms with Crippen molar-refractivity contribution in [3.8, 4) is 28.4 Å². The molecule has 0 aliphatic rings. The lowest BCUT2D eigenvalue weighted by atomic mass is 10.0. The molecule has 0 aliphatic carbocycles. The standard InChI is InChI=1S/C23H27N3O4S/c1-28-20-11-17(12-21(15-20)29-2)16-7-8-22(30-3)23(13-16)31(27)26-19-6-4-5-18(14-19)25-10-9-24/h4-8,11-15,25-26H,9-10,24H2,1-3H3. The lowest BCUT2D eigenvalue weighted by Crippen LogP contribution is -2.15. The van der Waals surface area contributed by atoms with Gasteiger partial charge in [0.05, 0.1) is 27.0 Å². The van der Waals surface area contributed by atoms with E-state index in [1.165, 1.54) is 0 Å². The molecule has 0 saturated carbocycles. The van der Waals surface area contributed by atoms with Crippen LogP contribution in [-0.2, 0) is 11.4 Å². The maximum absolute atomic E-state index is 13.2. The number of benzene rings is 3. The van der Waals surface area contributed by atoms with Gasteiger partial charge in [0.1, 0.15) is 22.9 Å². The van der Waals surface area contributed by atoms with Gasteiger partial charge >= 0.3 is 0 Å². The molecule has 31 heavy (non-hydrogen) atoms. The van der Waals surface area contributed by atoms with Gasteiger partial charge < -0.3 is 29.8 Å². The van der Waals surface area contributed by atoms with Gasteiger partial charge in [-0.1, -0.05) is 12.1 Å². The Hall–Kier alpha value is -3.07. The molecule has 0 amide bonds. The summed E-state index contributed by atoms with van der Waals surface area (Å²) in [7, 11) is 4.77. The molecule has 164 valence electrons. The molecule has 0 aromatic heterocycles. The summed E-state index contributed by atoms with van der Waals surface area (Å²) in [6.45, 7) is 1.19. The van der Waals surface area contributed by atoms with Gasteiger partial charge in [-0.25, -0.2) is 4.72 Å². The third-order valence-electron chi connectivity index (χ3n) is 4.59. The van der Waals surface area contributed by atoms with Crippen LogP contribution in [0.15, 0.2) is 65.6 Å². The molecule has 0 fully saturated rings. The summed E-state index contributed by atoms with van der Waals surface area (Å²) in [6.07, 6.45) is 0. The van der Waals surface area contributed by atoms with Crippen molar-refractivity contribution in [2.24, 2.45) is 5.73 Å². The molecule has 8 heteroatoms. The lowest BCUT2D eigenvalue weighted by molar-refractivity contribution is 0.394. The van der Waals surface area contributed by atoms with Gasteiger partial charge in [-0.3, -0.25) is 0 Å². The van der Waals surface area contributed by atoms with Gasteiger partial charge in [-0.2, -0.15) is 0 Å². The van der Waals surface area contributed by atoms with E-state index in [1.807, 2.05) is 48.5 Å². The van der Waals surface area contributed by atoms with Crippen molar-refractivity contribution < 1.29 is 18.8 Å². The minimum atomic E-state index is -1.55. The van der Waals surface area contributed by atoms with Crippen LogP contribution in [0.25, 0.3) is 11.1 Å². The molecule has 1 atom stereocenters. The summed E-state index contributed by atoms with van der Waals surface area (Å²) in [5.41, 5.74) is 8.91. The number of anilines is 2. The first kappa shape index (κ1) is 22.6. The molecule has 3 aromatic carbocycles. The van der Waals surface area contributed by atoms with Gasteiger partial charge in [0.15, 0.2) is 5.75 Å². The number of nitrogens with two attached hydrogens (primary N) is 1. The summed E-state index contributed by atoms with van der Waals surface area (Å²) < 4.78 is 32.4. The zero-order valence-corrected chi connectivity index (χ0v) is 18.6. The monoisotopic (exact) mass is 441 g/mol. The average molecular weight is 442 g/mol. The topological polar surface area (TPSA) is 101 Å². The van der Waals surface area contributed by atoms with Crippen LogP contribution in [0.4, 0.5) is 11.4 Å². The Labute approximate surface area is 185 Å². The minimum absolute atomic E-state index is 0.529. The van der Waals surface area contributed by atoms with Crippen LogP contribution in [0.5, 0.6) is 17.2 Å². The van der Waals surface area contributed by atoms with Crippen molar-refractivity contribution >= 4 is 22.7 Å². The zero-order valence-electron chi connectivity index (χ0n) is 17.8. The van der Waals surface area contributed by atoms with E-state index >= 15 is 0 Å². The second kappa shape index (κ2) is 10.8. The van der Waals surface area contributed by atoms with E-state index in [4.69, 9.17) is 19.9 Å². The van der Waals surface area contributed by atoms with Gasteiger partial charge in [-0.05, 0) is 47.5 Å². The van der Waals surface area contributed by atoms with Crippen molar-refractivity contribution in [3.05, 3.63) is 60.7 Å². The summed E-state index contributed by atoms with van der Waals surface area (Å²) in [5, 5.41) is 3.21. The first-order valence-electron chi connectivity index (χ1n) is 9.72. The van der Waals surface area contributed by atoms with Crippen LogP contribution in [0.3, 0.4) is 0 Å². The molecule has 0 aliphatic heterocycles. The maximum Gasteiger partial charge on any atom is 0.222 e. The summed E-state index contributed by atoms with van der Waals surface area (Å²) in [4.78, 5) is 0.530. The predicted octanol–water partition coefficient (Wildman–Crippen LogP) is 3.88. The number of hydrogen-bond donors (Lipinski definition) is 3.